The molecule has 0 unspecified atom stereocenters. The Bertz CT molecular complexity index is 1070. The van der Waals surface area contributed by atoms with Crippen molar-refractivity contribution in [2.75, 3.05) is 18.5 Å². The first-order valence-corrected chi connectivity index (χ1v) is 10.3. The molecule has 0 spiro atoms. The van der Waals surface area contributed by atoms with Gasteiger partial charge in [0.05, 0.1) is 5.56 Å². The van der Waals surface area contributed by atoms with Gasteiger partial charge in [-0.25, -0.2) is 4.79 Å². The Morgan fingerprint density at radius 3 is 2.37 bits per heavy atom. The molecule has 0 saturated heterocycles. The van der Waals surface area contributed by atoms with Gasteiger partial charge in [0.25, 0.3) is 5.91 Å². The number of thiophene rings is 1. The second kappa shape index (κ2) is 8.56. The van der Waals surface area contributed by atoms with Crippen molar-refractivity contribution in [1.29, 1.82) is 0 Å². The monoisotopic (exact) mass is 422 g/mol. The first-order valence-electron chi connectivity index (χ1n) is 9.52. The minimum Gasteiger partial charge on any atom is -0.492 e. The molecule has 5 N–H and O–H groups in total. The predicted octanol–water partition coefficient (Wildman–Crippen LogP) is 3.40. The number of para-hydroxylation sites is 1. The van der Waals surface area contributed by atoms with E-state index < -0.39 is 11.9 Å². The maximum atomic E-state index is 11.7. The molecule has 1 aromatic heterocycles. The maximum Gasteiger partial charge on any atom is 0.317 e. The van der Waals surface area contributed by atoms with Crippen LogP contribution in [0.4, 0.5) is 9.80 Å². The van der Waals surface area contributed by atoms with Gasteiger partial charge < -0.3 is 16.2 Å². The number of benzene rings is 2. The lowest BCUT2D eigenvalue weighted by molar-refractivity contribution is 0.100. The maximum absolute atomic E-state index is 11.7. The van der Waals surface area contributed by atoms with Crippen molar-refractivity contribution in [2.24, 2.45) is 11.5 Å². The van der Waals surface area contributed by atoms with Gasteiger partial charge in [0, 0.05) is 30.1 Å². The molecule has 2 heterocycles. The first kappa shape index (κ1) is 19.9. The van der Waals surface area contributed by atoms with Gasteiger partial charge in [-0.2, -0.15) is 0 Å². The van der Waals surface area contributed by atoms with Gasteiger partial charge in [0.2, 0.25) is 0 Å². The molecule has 3 amide bonds. The summed E-state index contributed by atoms with van der Waals surface area (Å²) in [6.07, 6.45) is 0. The molecule has 7 nitrogen and oxygen atoms in total. The van der Waals surface area contributed by atoms with Crippen LogP contribution in [0.3, 0.4) is 0 Å². The highest BCUT2D eigenvalue weighted by Crippen LogP contribution is 2.39. The zero-order valence-corrected chi connectivity index (χ0v) is 17.1. The van der Waals surface area contributed by atoms with Gasteiger partial charge in [-0.3, -0.25) is 15.0 Å². The van der Waals surface area contributed by atoms with E-state index in [1.54, 1.807) is 6.07 Å². The number of primary amides is 2. The number of nitrogens with one attached hydrogen (secondary N) is 1. The number of rotatable bonds is 7. The topological polar surface area (TPSA) is 111 Å². The predicted molar refractivity (Wildman–Crippen MR) is 118 cm³/mol. The Labute approximate surface area is 178 Å². The van der Waals surface area contributed by atoms with E-state index in [0.29, 0.717) is 17.4 Å². The molecule has 0 atom stereocenters. The van der Waals surface area contributed by atoms with Gasteiger partial charge >= 0.3 is 6.03 Å². The summed E-state index contributed by atoms with van der Waals surface area (Å²) in [6, 6.07) is 17.0. The molecule has 1 aliphatic heterocycles. The number of carbonyl (C=O) groups is 2. The number of amides is 3. The fourth-order valence-electron chi connectivity index (χ4n) is 3.55. The first-order chi connectivity index (χ1) is 14.5. The van der Waals surface area contributed by atoms with Gasteiger partial charge in [0.1, 0.15) is 17.4 Å². The summed E-state index contributed by atoms with van der Waals surface area (Å²) in [7, 11) is 0. The average molecular weight is 423 g/mol. The van der Waals surface area contributed by atoms with Crippen molar-refractivity contribution >= 4 is 28.3 Å². The fraction of sp³-hybridized carbons (Fsp3) is 0.182. The highest BCUT2D eigenvalue weighted by molar-refractivity contribution is 7.20. The second-order valence-electron chi connectivity index (χ2n) is 7.03. The van der Waals surface area contributed by atoms with E-state index in [-0.39, 0.29) is 5.56 Å². The minimum absolute atomic E-state index is 0.221. The minimum atomic E-state index is -0.748. The molecular formula is C22H22N4O3S. The van der Waals surface area contributed by atoms with Gasteiger partial charge in [0.15, 0.2) is 0 Å². The van der Waals surface area contributed by atoms with Crippen molar-refractivity contribution in [3.63, 3.8) is 0 Å². The van der Waals surface area contributed by atoms with Crippen molar-refractivity contribution in [3.8, 4) is 16.2 Å². The standard InChI is InChI=1S/C22H22N4O3S/c23-20(27)17-11-19(30-21(17)25-22(24)28)16-7-3-4-8-18(16)29-10-9-26-12-14-5-1-2-6-15(14)13-26/h1-8,11H,9-10,12-13H2,(H2,23,27)(H3,24,25,28). The van der Waals surface area contributed by atoms with Gasteiger partial charge in [-0.05, 0) is 29.3 Å². The van der Waals surface area contributed by atoms with Crippen LogP contribution in [0.5, 0.6) is 5.75 Å². The second-order valence-corrected chi connectivity index (χ2v) is 8.08. The van der Waals surface area contributed by atoms with Crippen LogP contribution in [0.2, 0.25) is 0 Å². The smallest absolute Gasteiger partial charge is 0.317 e. The zero-order chi connectivity index (χ0) is 21.1. The molecule has 0 aliphatic carbocycles. The number of nitrogens with two attached hydrogens (primary N) is 2. The third-order valence-corrected chi connectivity index (χ3v) is 6.04. The van der Waals surface area contributed by atoms with Crippen molar-refractivity contribution in [2.45, 2.75) is 13.1 Å². The lowest BCUT2D eigenvalue weighted by Crippen LogP contribution is -2.23. The summed E-state index contributed by atoms with van der Waals surface area (Å²) in [5, 5.41) is 2.79. The van der Waals surface area contributed by atoms with Crippen LogP contribution < -0.4 is 21.5 Å². The molecule has 1 aliphatic rings. The number of carbonyl (C=O) groups excluding carboxylic acids is 2. The van der Waals surface area contributed by atoms with E-state index >= 15 is 0 Å². The zero-order valence-electron chi connectivity index (χ0n) is 16.3. The molecule has 4 rings (SSSR count). The molecule has 0 saturated carbocycles. The number of ether oxygens (including phenoxy) is 1. The molecule has 0 radical (unpaired) electrons. The Morgan fingerprint density at radius 2 is 1.70 bits per heavy atom. The summed E-state index contributed by atoms with van der Waals surface area (Å²) in [4.78, 5) is 26.1. The lowest BCUT2D eigenvalue weighted by Gasteiger charge is -2.16. The van der Waals surface area contributed by atoms with E-state index in [1.165, 1.54) is 22.5 Å². The summed E-state index contributed by atoms with van der Waals surface area (Å²) in [5.74, 6) is 0.0744. The number of fused-ring (bicyclic) bond motifs is 1. The van der Waals surface area contributed by atoms with Crippen LogP contribution in [-0.2, 0) is 13.1 Å². The number of hydrogen-bond donors (Lipinski definition) is 3. The van der Waals surface area contributed by atoms with Crippen LogP contribution in [0.15, 0.2) is 54.6 Å². The molecular weight excluding hydrogens is 400 g/mol. The summed E-state index contributed by atoms with van der Waals surface area (Å²) in [6.45, 7) is 3.19. The van der Waals surface area contributed by atoms with Crippen molar-refractivity contribution in [1.82, 2.24) is 4.90 Å². The van der Waals surface area contributed by atoms with Crippen LogP contribution in [0.25, 0.3) is 10.4 Å². The quantitative estimate of drug-likeness (QED) is 0.542. The van der Waals surface area contributed by atoms with Crippen LogP contribution in [0, 0.1) is 0 Å². The summed E-state index contributed by atoms with van der Waals surface area (Å²) < 4.78 is 6.08. The normalized spacial score (nSPS) is 13.1. The highest BCUT2D eigenvalue weighted by atomic mass is 32.1. The number of hydrogen-bond acceptors (Lipinski definition) is 5. The number of nitrogens with zero attached hydrogens (tertiary/aromatic N) is 1. The number of anilines is 1. The van der Waals surface area contributed by atoms with Crippen molar-refractivity contribution in [3.05, 3.63) is 71.3 Å². The van der Waals surface area contributed by atoms with E-state index in [0.717, 1.165) is 30.1 Å². The average Bonchev–Trinajstić information content (AvgIpc) is 3.31. The van der Waals surface area contributed by atoms with Crippen molar-refractivity contribution < 1.29 is 14.3 Å². The lowest BCUT2D eigenvalue weighted by atomic mass is 10.1. The van der Waals surface area contributed by atoms with E-state index in [4.69, 9.17) is 16.2 Å². The van der Waals surface area contributed by atoms with Gasteiger partial charge in [-0.15, -0.1) is 11.3 Å². The van der Waals surface area contributed by atoms with E-state index in [1.807, 2.05) is 24.3 Å². The molecule has 30 heavy (non-hydrogen) atoms. The van der Waals surface area contributed by atoms with Gasteiger partial charge in [-0.1, -0.05) is 36.4 Å². The molecule has 2 aromatic carbocycles. The largest absolute Gasteiger partial charge is 0.492 e. The summed E-state index contributed by atoms with van der Waals surface area (Å²) >= 11 is 1.23. The Morgan fingerprint density at radius 1 is 1.03 bits per heavy atom. The Balaban J connectivity index is 1.47. The molecule has 0 bridgehead atoms. The van der Waals surface area contributed by atoms with E-state index in [9.17, 15) is 9.59 Å². The molecule has 154 valence electrons. The SMILES string of the molecule is NC(=O)Nc1sc(-c2ccccc2OCCN2Cc3ccccc3C2)cc1C(N)=O. The Hall–Kier alpha value is -3.36. The fourth-order valence-corrected chi connectivity index (χ4v) is 4.65. The summed E-state index contributed by atoms with van der Waals surface area (Å²) in [5.41, 5.74) is 14.4. The van der Waals surface area contributed by atoms with E-state index in [2.05, 4.69) is 34.5 Å². The Kier molecular flexibility index (Phi) is 5.69. The van der Waals surface area contributed by atoms with Crippen LogP contribution in [-0.4, -0.2) is 30.0 Å². The third-order valence-electron chi connectivity index (χ3n) is 4.96. The molecule has 8 heteroatoms. The highest BCUT2D eigenvalue weighted by Gasteiger charge is 2.20. The van der Waals surface area contributed by atoms with Crippen LogP contribution in [0.1, 0.15) is 21.5 Å². The molecule has 3 aromatic rings. The molecule has 0 fully saturated rings. The van der Waals surface area contributed by atoms with Crippen LogP contribution >= 0.6 is 11.3 Å². The number of urea groups is 1. The third kappa shape index (κ3) is 4.29.